The molecule has 0 aliphatic carbocycles. The van der Waals surface area contributed by atoms with E-state index in [0.717, 1.165) is 18.7 Å². The van der Waals surface area contributed by atoms with Crippen molar-refractivity contribution in [3.8, 4) is 11.4 Å². The normalized spacial score (nSPS) is 19.8. The number of ether oxygens (including phenoxy) is 1. The standard InChI is InChI=1S/C14H17ClN4O2/c15-11-3-1-10(2-4-11)14-17-13(21-18-14)9-19-5-6-20-12(7-16)8-19/h1-4,12H,5-9,16H2. The van der Waals surface area contributed by atoms with E-state index in [-0.39, 0.29) is 6.10 Å². The highest BCUT2D eigenvalue weighted by atomic mass is 35.5. The van der Waals surface area contributed by atoms with E-state index in [0.29, 0.717) is 36.4 Å². The monoisotopic (exact) mass is 308 g/mol. The molecule has 1 saturated heterocycles. The van der Waals surface area contributed by atoms with Crippen molar-refractivity contribution in [3.05, 3.63) is 35.2 Å². The minimum absolute atomic E-state index is 0.0809. The summed E-state index contributed by atoms with van der Waals surface area (Å²) in [5.74, 6) is 1.17. The summed E-state index contributed by atoms with van der Waals surface area (Å²) in [6.45, 7) is 3.45. The van der Waals surface area contributed by atoms with Crippen molar-refractivity contribution in [2.24, 2.45) is 5.73 Å². The number of hydrogen-bond acceptors (Lipinski definition) is 6. The molecule has 2 heterocycles. The van der Waals surface area contributed by atoms with E-state index < -0.39 is 0 Å². The van der Waals surface area contributed by atoms with Crippen LogP contribution < -0.4 is 5.73 Å². The minimum atomic E-state index is 0.0809. The Labute approximate surface area is 127 Å². The van der Waals surface area contributed by atoms with Crippen molar-refractivity contribution in [2.75, 3.05) is 26.2 Å². The van der Waals surface area contributed by atoms with Gasteiger partial charge in [0, 0.05) is 30.2 Å². The molecule has 1 unspecified atom stereocenters. The van der Waals surface area contributed by atoms with Crippen LogP contribution in [0.5, 0.6) is 0 Å². The predicted molar refractivity (Wildman–Crippen MR) is 78.8 cm³/mol. The zero-order chi connectivity index (χ0) is 14.7. The van der Waals surface area contributed by atoms with Gasteiger partial charge in [-0.15, -0.1) is 0 Å². The number of hydrogen-bond donors (Lipinski definition) is 1. The Kier molecular flexibility index (Phi) is 4.50. The van der Waals surface area contributed by atoms with Gasteiger partial charge in [-0.2, -0.15) is 4.98 Å². The number of halogens is 1. The van der Waals surface area contributed by atoms with Gasteiger partial charge in [-0.1, -0.05) is 16.8 Å². The van der Waals surface area contributed by atoms with Crippen molar-refractivity contribution in [1.82, 2.24) is 15.0 Å². The molecule has 0 bridgehead atoms. The number of nitrogens with zero attached hydrogens (tertiary/aromatic N) is 3. The van der Waals surface area contributed by atoms with Crippen LogP contribution in [0.4, 0.5) is 0 Å². The van der Waals surface area contributed by atoms with Crippen LogP contribution in [-0.4, -0.2) is 47.4 Å². The summed E-state index contributed by atoms with van der Waals surface area (Å²) in [6, 6.07) is 7.35. The molecule has 3 rings (SSSR count). The molecule has 1 aliphatic rings. The van der Waals surface area contributed by atoms with E-state index in [1.54, 1.807) is 12.1 Å². The van der Waals surface area contributed by atoms with Crippen LogP contribution in [0, 0.1) is 0 Å². The molecule has 1 aromatic carbocycles. The molecular formula is C14H17ClN4O2. The van der Waals surface area contributed by atoms with Gasteiger partial charge >= 0.3 is 0 Å². The van der Waals surface area contributed by atoms with Gasteiger partial charge in [0.25, 0.3) is 0 Å². The average molecular weight is 309 g/mol. The first-order valence-corrected chi connectivity index (χ1v) is 7.25. The summed E-state index contributed by atoms with van der Waals surface area (Å²) in [4.78, 5) is 6.63. The highest BCUT2D eigenvalue weighted by Gasteiger charge is 2.21. The molecule has 0 saturated carbocycles. The Bertz CT molecular complexity index is 587. The number of nitrogens with two attached hydrogens (primary N) is 1. The zero-order valence-electron chi connectivity index (χ0n) is 11.5. The second-order valence-electron chi connectivity index (χ2n) is 4.98. The van der Waals surface area contributed by atoms with Gasteiger partial charge in [0.05, 0.1) is 19.3 Å². The van der Waals surface area contributed by atoms with Gasteiger partial charge in [-0.3, -0.25) is 4.90 Å². The first-order valence-electron chi connectivity index (χ1n) is 6.87. The van der Waals surface area contributed by atoms with Crippen LogP contribution in [0.2, 0.25) is 5.02 Å². The Morgan fingerprint density at radius 3 is 2.90 bits per heavy atom. The molecule has 1 fully saturated rings. The maximum atomic E-state index is 5.87. The van der Waals surface area contributed by atoms with Gasteiger partial charge in [-0.25, -0.2) is 0 Å². The molecule has 21 heavy (non-hydrogen) atoms. The smallest absolute Gasteiger partial charge is 0.241 e. The lowest BCUT2D eigenvalue weighted by molar-refractivity contribution is -0.0288. The Morgan fingerprint density at radius 1 is 1.33 bits per heavy atom. The van der Waals surface area contributed by atoms with Crippen molar-refractivity contribution in [2.45, 2.75) is 12.6 Å². The molecule has 2 aromatic rings. The predicted octanol–water partition coefficient (Wildman–Crippen LogP) is 1.55. The summed E-state index contributed by atoms with van der Waals surface area (Å²) < 4.78 is 10.8. The van der Waals surface area contributed by atoms with Gasteiger partial charge in [-0.05, 0) is 24.3 Å². The third-order valence-electron chi connectivity index (χ3n) is 3.42. The van der Waals surface area contributed by atoms with E-state index in [2.05, 4.69) is 15.0 Å². The molecule has 1 aromatic heterocycles. The first-order chi connectivity index (χ1) is 10.2. The fourth-order valence-corrected chi connectivity index (χ4v) is 2.42. The van der Waals surface area contributed by atoms with Crippen LogP contribution in [0.1, 0.15) is 5.89 Å². The summed E-state index contributed by atoms with van der Waals surface area (Å²) in [6.07, 6.45) is 0.0809. The van der Waals surface area contributed by atoms with Gasteiger partial charge in [0.15, 0.2) is 0 Å². The van der Waals surface area contributed by atoms with E-state index >= 15 is 0 Å². The number of benzene rings is 1. The molecule has 1 aliphatic heterocycles. The fraction of sp³-hybridized carbons (Fsp3) is 0.429. The van der Waals surface area contributed by atoms with E-state index in [9.17, 15) is 0 Å². The average Bonchev–Trinajstić information content (AvgIpc) is 2.96. The topological polar surface area (TPSA) is 77.4 Å². The van der Waals surface area contributed by atoms with Crippen molar-refractivity contribution in [1.29, 1.82) is 0 Å². The summed E-state index contributed by atoms with van der Waals surface area (Å²) in [5.41, 5.74) is 6.52. The van der Waals surface area contributed by atoms with E-state index in [1.807, 2.05) is 12.1 Å². The summed E-state index contributed by atoms with van der Waals surface area (Å²) >= 11 is 5.87. The SMILES string of the molecule is NCC1CN(Cc2nc(-c3ccc(Cl)cc3)no2)CCO1. The molecule has 2 N–H and O–H groups in total. The van der Waals surface area contributed by atoms with Crippen molar-refractivity contribution in [3.63, 3.8) is 0 Å². The number of rotatable bonds is 4. The van der Waals surface area contributed by atoms with Crippen LogP contribution in [0.15, 0.2) is 28.8 Å². The van der Waals surface area contributed by atoms with Crippen LogP contribution in [0.3, 0.4) is 0 Å². The largest absolute Gasteiger partial charge is 0.374 e. The lowest BCUT2D eigenvalue weighted by Gasteiger charge is -2.31. The van der Waals surface area contributed by atoms with Gasteiger partial charge in [0.1, 0.15) is 0 Å². The Balaban J connectivity index is 1.66. The third-order valence-corrected chi connectivity index (χ3v) is 3.67. The molecule has 0 amide bonds. The van der Waals surface area contributed by atoms with Gasteiger partial charge < -0.3 is 15.0 Å². The summed E-state index contributed by atoms with van der Waals surface area (Å²) in [5, 5.41) is 4.69. The Morgan fingerprint density at radius 2 is 2.14 bits per heavy atom. The molecule has 0 spiro atoms. The molecular weight excluding hydrogens is 292 g/mol. The maximum Gasteiger partial charge on any atom is 0.241 e. The number of aromatic nitrogens is 2. The first kappa shape index (κ1) is 14.5. The Hall–Kier alpha value is -1.47. The van der Waals surface area contributed by atoms with Crippen LogP contribution >= 0.6 is 11.6 Å². The highest BCUT2D eigenvalue weighted by Crippen LogP contribution is 2.19. The molecule has 7 heteroatoms. The molecule has 1 atom stereocenters. The fourth-order valence-electron chi connectivity index (χ4n) is 2.29. The second kappa shape index (κ2) is 6.53. The van der Waals surface area contributed by atoms with E-state index in [1.165, 1.54) is 0 Å². The highest BCUT2D eigenvalue weighted by molar-refractivity contribution is 6.30. The zero-order valence-corrected chi connectivity index (χ0v) is 12.3. The van der Waals surface area contributed by atoms with E-state index in [4.69, 9.17) is 26.6 Å². The summed E-state index contributed by atoms with van der Waals surface area (Å²) in [7, 11) is 0. The third kappa shape index (κ3) is 3.59. The number of morpholine rings is 1. The minimum Gasteiger partial charge on any atom is -0.374 e. The molecule has 6 nitrogen and oxygen atoms in total. The molecule has 112 valence electrons. The van der Waals surface area contributed by atoms with Crippen LogP contribution in [-0.2, 0) is 11.3 Å². The lowest BCUT2D eigenvalue weighted by Crippen LogP contribution is -2.45. The lowest BCUT2D eigenvalue weighted by atomic mass is 10.2. The maximum absolute atomic E-state index is 5.87. The quantitative estimate of drug-likeness (QED) is 0.923. The molecule has 0 radical (unpaired) electrons. The van der Waals surface area contributed by atoms with Crippen molar-refractivity contribution >= 4 is 11.6 Å². The van der Waals surface area contributed by atoms with Crippen molar-refractivity contribution < 1.29 is 9.26 Å². The van der Waals surface area contributed by atoms with Gasteiger partial charge in [0.2, 0.25) is 11.7 Å². The van der Waals surface area contributed by atoms with Crippen LogP contribution in [0.25, 0.3) is 11.4 Å². The second-order valence-corrected chi connectivity index (χ2v) is 5.42.